The maximum Gasteiger partial charge on any atom is 0.243 e. The van der Waals surface area contributed by atoms with E-state index in [1.54, 1.807) is 0 Å². The minimum absolute atomic E-state index is 0.173. The van der Waals surface area contributed by atoms with Gasteiger partial charge in [0, 0.05) is 10.0 Å². The fourth-order valence-electron chi connectivity index (χ4n) is 1.69. The summed E-state index contributed by atoms with van der Waals surface area (Å²) >= 11 is 3.47. The average Bonchev–Trinajstić information content (AvgIpc) is 2.86. The molecule has 0 aliphatic carbocycles. The van der Waals surface area contributed by atoms with Gasteiger partial charge in [0.1, 0.15) is 0 Å². The first kappa shape index (κ1) is 13.2. The molecule has 1 heterocycles. The van der Waals surface area contributed by atoms with Crippen LogP contribution in [0.4, 0.5) is 0 Å². The highest BCUT2D eigenvalue weighted by molar-refractivity contribution is 9.10. The van der Waals surface area contributed by atoms with Crippen LogP contribution in [0.15, 0.2) is 33.3 Å². The molecule has 18 heavy (non-hydrogen) atoms. The Hall–Kier alpha value is -1.20. The van der Waals surface area contributed by atoms with Crippen LogP contribution in [0.1, 0.15) is 38.1 Å². The quantitative estimate of drug-likeness (QED) is 0.914. The van der Waals surface area contributed by atoms with Gasteiger partial charge in [-0.05, 0) is 18.6 Å². The summed E-state index contributed by atoms with van der Waals surface area (Å²) in [5.74, 6) is 1.08. The second-order valence-corrected chi connectivity index (χ2v) is 5.04. The lowest BCUT2D eigenvalue weighted by molar-refractivity contribution is 0.346. The van der Waals surface area contributed by atoms with Gasteiger partial charge in [-0.15, -0.1) is 0 Å². The van der Waals surface area contributed by atoms with Gasteiger partial charge in [-0.25, -0.2) is 0 Å². The molecule has 0 amide bonds. The second kappa shape index (κ2) is 6.11. The van der Waals surface area contributed by atoms with Gasteiger partial charge < -0.3 is 10.3 Å². The number of aromatic nitrogens is 2. The number of hydrogen-bond donors (Lipinski definition) is 1. The highest BCUT2D eigenvalue weighted by Crippen LogP contribution is 2.26. The number of benzene rings is 1. The van der Waals surface area contributed by atoms with E-state index in [2.05, 4.69) is 33.0 Å². The molecule has 2 N–H and O–H groups in total. The van der Waals surface area contributed by atoms with E-state index in [-0.39, 0.29) is 6.04 Å². The fraction of sp³-hybridized carbons (Fsp3) is 0.385. The van der Waals surface area contributed by atoms with Crippen molar-refractivity contribution >= 4 is 15.9 Å². The van der Waals surface area contributed by atoms with Gasteiger partial charge >= 0.3 is 0 Å². The van der Waals surface area contributed by atoms with Crippen molar-refractivity contribution in [3.63, 3.8) is 0 Å². The molecule has 96 valence electrons. The van der Waals surface area contributed by atoms with E-state index in [4.69, 9.17) is 10.3 Å². The molecule has 2 rings (SSSR count). The third kappa shape index (κ3) is 2.97. The zero-order valence-electron chi connectivity index (χ0n) is 10.3. The van der Waals surface area contributed by atoms with Crippen molar-refractivity contribution in [3.05, 3.63) is 34.6 Å². The summed E-state index contributed by atoms with van der Waals surface area (Å²) < 4.78 is 6.17. The van der Waals surface area contributed by atoms with E-state index in [9.17, 15) is 0 Å². The normalized spacial score (nSPS) is 12.6. The molecule has 2 aromatic rings. The average molecular weight is 310 g/mol. The minimum Gasteiger partial charge on any atom is -0.337 e. The summed E-state index contributed by atoms with van der Waals surface area (Å²) in [5, 5.41) is 3.98. The van der Waals surface area contributed by atoms with Crippen LogP contribution in [0.5, 0.6) is 0 Å². The number of unbranched alkanes of at least 4 members (excludes halogenated alkanes) is 1. The monoisotopic (exact) mass is 309 g/mol. The second-order valence-electron chi connectivity index (χ2n) is 4.18. The van der Waals surface area contributed by atoms with E-state index in [0.717, 1.165) is 29.3 Å². The maximum absolute atomic E-state index is 6.00. The van der Waals surface area contributed by atoms with Gasteiger partial charge in [-0.1, -0.05) is 53.0 Å². The molecule has 1 aromatic heterocycles. The van der Waals surface area contributed by atoms with Crippen LogP contribution in [0.2, 0.25) is 0 Å². The van der Waals surface area contributed by atoms with Crippen LogP contribution in [0.25, 0.3) is 11.4 Å². The van der Waals surface area contributed by atoms with Crippen LogP contribution in [0.3, 0.4) is 0 Å². The van der Waals surface area contributed by atoms with Crippen molar-refractivity contribution in [2.24, 2.45) is 5.73 Å². The Kier molecular flexibility index (Phi) is 4.49. The smallest absolute Gasteiger partial charge is 0.243 e. The Labute approximate surface area is 115 Å². The number of halogens is 1. The molecule has 0 fully saturated rings. The molecule has 0 saturated heterocycles. The predicted octanol–water partition coefficient (Wildman–Crippen LogP) is 3.69. The van der Waals surface area contributed by atoms with Crippen LogP contribution in [0, 0.1) is 0 Å². The van der Waals surface area contributed by atoms with E-state index in [1.165, 1.54) is 0 Å². The van der Waals surface area contributed by atoms with Crippen LogP contribution in [-0.4, -0.2) is 10.1 Å². The Morgan fingerprint density at radius 1 is 1.39 bits per heavy atom. The molecule has 0 radical (unpaired) electrons. The highest BCUT2D eigenvalue weighted by atomic mass is 79.9. The third-order valence-corrected chi connectivity index (χ3v) is 3.43. The molecule has 0 aliphatic heterocycles. The molecule has 0 spiro atoms. The van der Waals surface area contributed by atoms with Gasteiger partial charge in [0.25, 0.3) is 0 Å². The summed E-state index contributed by atoms with van der Waals surface area (Å²) in [6.07, 6.45) is 3.04. The zero-order valence-corrected chi connectivity index (χ0v) is 11.9. The van der Waals surface area contributed by atoms with Gasteiger partial charge in [0.15, 0.2) is 0 Å². The third-order valence-electron chi connectivity index (χ3n) is 2.74. The Morgan fingerprint density at radius 2 is 2.17 bits per heavy atom. The minimum atomic E-state index is -0.173. The molecule has 4 nitrogen and oxygen atoms in total. The Morgan fingerprint density at radius 3 is 2.89 bits per heavy atom. The summed E-state index contributed by atoms with van der Waals surface area (Å²) in [7, 11) is 0. The largest absolute Gasteiger partial charge is 0.337 e. The Balaban J connectivity index is 2.18. The molecule has 0 aliphatic rings. The van der Waals surface area contributed by atoms with E-state index in [1.807, 2.05) is 24.3 Å². The summed E-state index contributed by atoms with van der Waals surface area (Å²) in [4.78, 5) is 4.36. The maximum atomic E-state index is 6.00. The van der Waals surface area contributed by atoms with Crippen molar-refractivity contribution in [2.45, 2.75) is 32.2 Å². The Bertz CT molecular complexity index is 512. The van der Waals surface area contributed by atoms with Crippen LogP contribution >= 0.6 is 15.9 Å². The van der Waals surface area contributed by atoms with Gasteiger partial charge in [0.05, 0.1) is 6.04 Å². The SMILES string of the molecule is CCCC[C@H](N)c1nc(-c2ccccc2Br)no1. The first-order valence-electron chi connectivity index (χ1n) is 6.06. The summed E-state index contributed by atoms with van der Waals surface area (Å²) in [6, 6.07) is 7.60. The van der Waals surface area contributed by atoms with Crippen molar-refractivity contribution in [1.29, 1.82) is 0 Å². The van der Waals surface area contributed by atoms with E-state index < -0.39 is 0 Å². The summed E-state index contributed by atoms with van der Waals surface area (Å²) in [6.45, 7) is 2.13. The van der Waals surface area contributed by atoms with Gasteiger partial charge in [-0.3, -0.25) is 0 Å². The first-order valence-corrected chi connectivity index (χ1v) is 6.85. The van der Waals surface area contributed by atoms with Gasteiger partial charge in [0.2, 0.25) is 11.7 Å². The van der Waals surface area contributed by atoms with Crippen molar-refractivity contribution in [2.75, 3.05) is 0 Å². The molecule has 0 saturated carbocycles. The fourth-order valence-corrected chi connectivity index (χ4v) is 2.15. The lowest BCUT2D eigenvalue weighted by Crippen LogP contribution is -2.10. The molecule has 0 unspecified atom stereocenters. The molecular formula is C13H16BrN3O. The van der Waals surface area contributed by atoms with Crippen molar-refractivity contribution in [1.82, 2.24) is 10.1 Å². The number of hydrogen-bond acceptors (Lipinski definition) is 4. The molecule has 0 bridgehead atoms. The number of rotatable bonds is 5. The molecule has 1 aromatic carbocycles. The summed E-state index contributed by atoms with van der Waals surface area (Å²) in [5.41, 5.74) is 6.91. The topological polar surface area (TPSA) is 64.9 Å². The number of nitrogens with two attached hydrogens (primary N) is 1. The van der Waals surface area contributed by atoms with Crippen molar-refractivity contribution in [3.8, 4) is 11.4 Å². The molecule has 5 heteroatoms. The van der Waals surface area contributed by atoms with Crippen LogP contribution in [-0.2, 0) is 0 Å². The predicted molar refractivity (Wildman–Crippen MR) is 73.9 cm³/mol. The van der Waals surface area contributed by atoms with Gasteiger partial charge in [-0.2, -0.15) is 4.98 Å². The first-order chi connectivity index (χ1) is 8.72. The highest BCUT2D eigenvalue weighted by Gasteiger charge is 2.16. The van der Waals surface area contributed by atoms with E-state index in [0.29, 0.717) is 11.7 Å². The lowest BCUT2D eigenvalue weighted by Gasteiger charge is -2.03. The number of nitrogens with zero attached hydrogens (tertiary/aromatic N) is 2. The molecule has 1 atom stereocenters. The van der Waals surface area contributed by atoms with Crippen molar-refractivity contribution < 1.29 is 4.52 Å². The standard InChI is InChI=1S/C13H16BrN3O/c1-2-3-8-11(15)13-16-12(17-18-13)9-6-4-5-7-10(9)14/h4-7,11H,2-3,8,15H2,1H3/t11-/m0/s1. The molecular weight excluding hydrogens is 294 g/mol. The zero-order chi connectivity index (χ0) is 13.0. The van der Waals surface area contributed by atoms with E-state index >= 15 is 0 Å². The lowest BCUT2D eigenvalue weighted by atomic mass is 10.1. The van der Waals surface area contributed by atoms with Crippen LogP contribution < -0.4 is 5.73 Å².